The van der Waals surface area contributed by atoms with Gasteiger partial charge in [0, 0.05) is 54.8 Å². The average Bonchev–Trinajstić information content (AvgIpc) is 2.57. The van der Waals surface area contributed by atoms with Gasteiger partial charge in [-0.3, -0.25) is 4.79 Å². The van der Waals surface area contributed by atoms with Gasteiger partial charge in [-0.1, -0.05) is 0 Å². The normalized spacial score (nSPS) is 20.2. The van der Waals surface area contributed by atoms with Gasteiger partial charge in [0.2, 0.25) is 5.91 Å². The van der Waals surface area contributed by atoms with Gasteiger partial charge in [0.1, 0.15) is 5.82 Å². The molecule has 6 heteroatoms. The van der Waals surface area contributed by atoms with Crippen LogP contribution < -0.4 is 4.90 Å². The lowest BCUT2D eigenvalue weighted by Crippen LogP contribution is -2.40. The van der Waals surface area contributed by atoms with Crippen LogP contribution in [-0.2, 0) is 4.79 Å². The number of nitrogens with zero attached hydrogens (tertiary/aromatic N) is 3. The Hall–Kier alpha value is -0.750. The Morgan fingerprint density at radius 1 is 1.23 bits per heavy atom. The summed E-state index contributed by atoms with van der Waals surface area (Å²) in [5, 5.41) is 0. The van der Waals surface area contributed by atoms with Crippen molar-refractivity contribution in [2.24, 2.45) is 5.92 Å². The van der Waals surface area contributed by atoms with E-state index in [9.17, 15) is 4.79 Å². The smallest absolute Gasteiger partial charge is 0.222 e. The highest BCUT2D eigenvalue weighted by molar-refractivity contribution is 9.10. The molecule has 0 bridgehead atoms. The monoisotopic (exact) mass is 383 g/mol. The molecule has 2 aliphatic rings. The molecule has 4 nitrogen and oxygen atoms in total. The quantitative estimate of drug-likeness (QED) is 0.803. The summed E-state index contributed by atoms with van der Waals surface area (Å²) in [6, 6.07) is 4.09. The standard InChI is InChI=1S/C16H22BrN3OS/c17-14-1-2-15(18-12-14)19-5-3-13(4-6-19)11-16(21)20-7-9-22-10-8-20/h1-2,12-13H,3-11H2. The van der Waals surface area contributed by atoms with Crippen LogP contribution in [0.4, 0.5) is 5.82 Å². The van der Waals surface area contributed by atoms with E-state index in [1.165, 1.54) is 0 Å². The highest BCUT2D eigenvalue weighted by Gasteiger charge is 2.25. The minimum absolute atomic E-state index is 0.362. The second-order valence-corrected chi connectivity index (χ2v) is 8.10. The van der Waals surface area contributed by atoms with Crippen LogP contribution in [-0.4, -0.2) is 53.5 Å². The lowest BCUT2D eigenvalue weighted by Gasteiger charge is -2.34. The number of halogens is 1. The first kappa shape index (κ1) is 16.1. The Balaban J connectivity index is 1.47. The van der Waals surface area contributed by atoms with Gasteiger partial charge in [0.15, 0.2) is 0 Å². The van der Waals surface area contributed by atoms with Crippen molar-refractivity contribution in [3.05, 3.63) is 22.8 Å². The SMILES string of the molecule is O=C(CC1CCN(c2ccc(Br)cn2)CC1)N1CCSCC1. The van der Waals surface area contributed by atoms with E-state index in [1.54, 1.807) is 0 Å². The van der Waals surface area contributed by atoms with Crippen molar-refractivity contribution in [2.45, 2.75) is 19.3 Å². The molecule has 0 atom stereocenters. The van der Waals surface area contributed by atoms with Crippen molar-refractivity contribution in [3.8, 4) is 0 Å². The maximum absolute atomic E-state index is 12.3. The van der Waals surface area contributed by atoms with Gasteiger partial charge in [-0.15, -0.1) is 0 Å². The van der Waals surface area contributed by atoms with Crippen LogP contribution in [0, 0.1) is 5.92 Å². The van der Waals surface area contributed by atoms with E-state index in [4.69, 9.17) is 0 Å². The summed E-state index contributed by atoms with van der Waals surface area (Å²) in [6.07, 6.45) is 4.75. The molecule has 0 unspecified atom stereocenters. The summed E-state index contributed by atoms with van der Waals surface area (Å²) in [6.45, 7) is 3.88. The summed E-state index contributed by atoms with van der Waals surface area (Å²) in [5.74, 6) is 4.13. The molecule has 3 rings (SSSR count). The molecule has 1 amide bonds. The first-order chi connectivity index (χ1) is 10.7. The maximum atomic E-state index is 12.3. The molecule has 2 fully saturated rings. The Kier molecular flexibility index (Phi) is 5.63. The molecule has 22 heavy (non-hydrogen) atoms. The van der Waals surface area contributed by atoms with E-state index in [2.05, 4.69) is 36.8 Å². The number of aromatic nitrogens is 1. The first-order valence-electron chi connectivity index (χ1n) is 7.94. The van der Waals surface area contributed by atoms with E-state index in [0.29, 0.717) is 11.8 Å². The van der Waals surface area contributed by atoms with Crippen LogP contribution in [0.5, 0.6) is 0 Å². The number of carbonyl (C=O) groups is 1. The van der Waals surface area contributed by atoms with E-state index in [0.717, 1.165) is 67.2 Å². The molecule has 0 N–H and O–H groups in total. The lowest BCUT2D eigenvalue weighted by molar-refractivity contribution is -0.132. The van der Waals surface area contributed by atoms with Crippen molar-refractivity contribution in [2.75, 3.05) is 42.6 Å². The average molecular weight is 384 g/mol. The number of anilines is 1. The van der Waals surface area contributed by atoms with Crippen LogP contribution >= 0.6 is 27.7 Å². The van der Waals surface area contributed by atoms with Crippen LogP contribution in [0.1, 0.15) is 19.3 Å². The van der Waals surface area contributed by atoms with E-state index in [1.807, 2.05) is 24.0 Å². The molecule has 0 spiro atoms. The lowest BCUT2D eigenvalue weighted by atomic mass is 9.93. The number of thioether (sulfide) groups is 1. The van der Waals surface area contributed by atoms with Gasteiger partial charge >= 0.3 is 0 Å². The Morgan fingerprint density at radius 3 is 2.59 bits per heavy atom. The predicted molar refractivity (Wildman–Crippen MR) is 95.4 cm³/mol. The number of hydrogen-bond donors (Lipinski definition) is 0. The van der Waals surface area contributed by atoms with E-state index in [-0.39, 0.29) is 0 Å². The summed E-state index contributed by atoms with van der Waals surface area (Å²) in [7, 11) is 0. The fraction of sp³-hybridized carbons (Fsp3) is 0.625. The summed E-state index contributed by atoms with van der Waals surface area (Å²) in [4.78, 5) is 21.2. The second-order valence-electron chi connectivity index (χ2n) is 5.96. The van der Waals surface area contributed by atoms with Gasteiger partial charge in [0.05, 0.1) is 0 Å². The number of piperidine rings is 1. The molecule has 1 aromatic rings. The van der Waals surface area contributed by atoms with E-state index >= 15 is 0 Å². The number of rotatable bonds is 3. The fourth-order valence-corrected chi connectivity index (χ4v) is 4.25. The molecule has 0 aromatic carbocycles. The third-order valence-corrected chi connectivity index (χ3v) is 5.89. The van der Waals surface area contributed by atoms with Gasteiger partial charge < -0.3 is 9.80 Å². The van der Waals surface area contributed by atoms with Crippen LogP contribution in [0.15, 0.2) is 22.8 Å². The van der Waals surface area contributed by atoms with Gasteiger partial charge in [-0.05, 0) is 46.8 Å². The van der Waals surface area contributed by atoms with Crippen molar-refractivity contribution in [1.82, 2.24) is 9.88 Å². The van der Waals surface area contributed by atoms with Gasteiger partial charge in [-0.25, -0.2) is 4.98 Å². The minimum atomic E-state index is 0.362. The van der Waals surface area contributed by atoms with Crippen molar-refractivity contribution in [1.29, 1.82) is 0 Å². The molecule has 2 saturated heterocycles. The van der Waals surface area contributed by atoms with Crippen molar-refractivity contribution in [3.63, 3.8) is 0 Å². The van der Waals surface area contributed by atoms with Crippen LogP contribution in [0.2, 0.25) is 0 Å². The number of hydrogen-bond acceptors (Lipinski definition) is 4. The van der Waals surface area contributed by atoms with Crippen molar-refractivity contribution >= 4 is 39.4 Å². The Morgan fingerprint density at radius 2 is 1.95 bits per heavy atom. The molecular weight excluding hydrogens is 362 g/mol. The molecule has 1 aromatic heterocycles. The van der Waals surface area contributed by atoms with Gasteiger partial charge in [0.25, 0.3) is 0 Å². The molecule has 0 saturated carbocycles. The fourth-order valence-electron chi connectivity index (χ4n) is 3.11. The zero-order valence-electron chi connectivity index (χ0n) is 12.7. The summed E-state index contributed by atoms with van der Waals surface area (Å²) in [5.41, 5.74) is 0. The molecule has 120 valence electrons. The highest BCUT2D eigenvalue weighted by Crippen LogP contribution is 2.25. The first-order valence-corrected chi connectivity index (χ1v) is 9.89. The molecule has 2 aliphatic heterocycles. The summed E-state index contributed by atoms with van der Waals surface area (Å²) >= 11 is 5.37. The molecule has 3 heterocycles. The zero-order valence-corrected chi connectivity index (χ0v) is 15.1. The molecule has 0 aliphatic carbocycles. The number of pyridine rings is 1. The zero-order chi connectivity index (χ0) is 15.4. The summed E-state index contributed by atoms with van der Waals surface area (Å²) < 4.78 is 1.01. The van der Waals surface area contributed by atoms with Crippen LogP contribution in [0.25, 0.3) is 0 Å². The number of carbonyl (C=O) groups excluding carboxylic acids is 1. The number of amides is 1. The Bertz CT molecular complexity index is 497. The molecule has 0 radical (unpaired) electrons. The maximum Gasteiger partial charge on any atom is 0.222 e. The predicted octanol–water partition coefficient (Wildman–Crippen LogP) is 3.03. The van der Waals surface area contributed by atoms with Crippen molar-refractivity contribution < 1.29 is 4.79 Å². The van der Waals surface area contributed by atoms with E-state index < -0.39 is 0 Å². The third-order valence-electron chi connectivity index (χ3n) is 4.48. The highest BCUT2D eigenvalue weighted by atomic mass is 79.9. The minimum Gasteiger partial charge on any atom is -0.357 e. The molecular formula is C16H22BrN3OS. The topological polar surface area (TPSA) is 36.4 Å². The largest absolute Gasteiger partial charge is 0.357 e. The van der Waals surface area contributed by atoms with Crippen LogP contribution in [0.3, 0.4) is 0 Å². The third kappa shape index (κ3) is 4.16. The Labute approximate surface area is 144 Å². The van der Waals surface area contributed by atoms with Gasteiger partial charge in [-0.2, -0.15) is 11.8 Å². The second kappa shape index (κ2) is 7.68.